The Kier molecular flexibility index (Phi) is 5.18. The second kappa shape index (κ2) is 7.76. The summed E-state index contributed by atoms with van der Waals surface area (Å²) in [4.78, 5) is 18.8. The molecule has 28 heavy (non-hydrogen) atoms. The predicted molar refractivity (Wildman–Crippen MR) is 110 cm³/mol. The van der Waals surface area contributed by atoms with Crippen LogP contribution in [0.25, 0.3) is 5.57 Å². The zero-order chi connectivity index (χ0) is 19.6. The molecular weight excluding hydrogens is 350 g/mol. The molecule has 1 amide bonds. The molecule has 2 aromatic rings. The number of benzene rings is 1. The van der Waals surface area contributed by atoms with Crippen molar-refractivity contribution in [3.05, 3.63) is 65.5 Å². The van der Waals surface area contributed by atoms with Crippen molar-refractivity contribution >= 4 is 11.5 Å². The van der Waals surface area contributed by atoms with Crippen molar-refractivity contribution in [1.82, 2.24) is 15.2 Å². The highest BCUT2D eigenvalue weighted by atomic mass is 16.5. The summed E-state index contributed by atoms with van der Waals surface area (Å²) < 4.78 is 6.41. The van der Waals surface area contributed by atoms with Gasteiger partial charge in [0.25, 0.3) is 5.91 Å². The number of amides is 1. The smallest absolute Gasteiger partial charge is 0.272 e. The van der Waals surface area contributed by atoms with Gasteiger partial charge < -0.3 is 15.0 Å². The number of rotatable bonds is 4. The molecule has 5 heteroatoms. The minimum Gasteiger partial charge on any atom is -0.481 e. The van der Waals surface area contributed by atoms with Gasteiger partial charge in [-0.1, -0.05) is 24.3 Å². The number of piperidine rings is 1. The summed E-state index contributed by atoms with van der Waals surface area (Å²) in [6.07, 6.45) is 6.13. The fraction of sp³-hybridized carbons (Fsp3) is 0.391. The predicted octanol–water partition coefficient (Wildman–Crippen LogP) is 3.51. The van der Waals surface area contributed by atoms with Gasteiger partial charge in [0, 0.05) is 37.0 Å². The largest absolute Gasteiger partial charge is 0.481 e. The molecule has 2 aliphatic rings. The Morgan fingerprint density at radius 1 is 1.21 bits per heavy atom. The molecule has 1 saturated heterocycles. The summed E-state index contributed by atoms with van der Waals surface area (Å²) in [5.41, 5.74) is 3.37. The van der Waals surface area contributed by atoms with Gasteiger partial charge in [0.05, 0.1) is 0 Å². The van der Waals surface area contributed by atoms with Crippen molar-refractivity contribution in [2.45, 2.75) is 32.3 Å². The van der Waals surface area contributed by atoms with Gasteiger partial charge >= 0.3 is 0 Å². The third-order valence-corrected chi connectivity index (χ3v) is 5.62. The molecule has 1 atom stereocenters. The third-order valence-electron chi connectivity index (χ3n) is 5.62. The van der Waals surface area contributed by atoms with E-state index in [1.165, 1.54) is 0 Å². The highest BCUT2D eigenvalue weighted by molar-refractivity contribution is 5.93. The lowest BCUT2D eigenvalue weighted by atomic mass is 9.85. The summed E-state index contributed by atoms with van der Waals surface area (Å²) in [6, 6.07) is 12.0. The quantitative estimate of drug-likeness (QED) is 0.886. The van der Waals surface area contributed by atoms with E-state index >= 15 is 0 Å². The number of pyridine rings is 1. The van der Waals surface area contributed by atoms with Crippen LogP contribution in [0.1, 0.15) is 48.3 Å². The van der Waals surface area contributed by atoms with Gasteiger partial charge in [-0.3, -0.25) is 9.78 Å². The number of carbonyl (C=O) groups excluding carboxylic acids is 1. The fourth-order valence-electron chi connectivity index (χ4n) is 4.07. The average Bonchev–Trinajstić information content (AvgIpc) is 2.74. The molecule has 1 fully saturated rings. The average molecular weight is 377 g/mol. The van der Waals surface area contributed by atoms with Gasteiger partial charge in [-0.05, 0) is 57.0 Å². The molecule has 0 bridgehead atoms. The molecule has 1 N–H and O–H groups in total. The minimum atomic E-state index is -0.322. The number of hydrogen-bond donors (Lipinski definition) is 1. The molecule has 3 heterocycles. The second-order valence-electron chi connectivity index (χ2n) is 7.41. The Hall–Kier alpha value is -2.66. The summed E-state index contributed by atoms with van der Waals surface area (Å²) >= 11 is 0. The van der Waals surface area contributed by atoms with E-state index in [0.717, 1.165) is 48.4 Å². The first kappa shape index (κ1) is 18.7. The molecule has 1 aromatic carbocycles. The van der Waals surface area contributed by atoms with Crippen LogP contribution in [0.5, 0.6) is 5.75 Å². The number of fused-ring (bicyclic) bond motifs is 1. The molecule has 146 valence electrons. The number of carbonyl (C=O) groups is 1. The Labute approximate surface area is 166 Å². The van der Waals surface area contributed by atoms with E-state index in [2.05, 4.69) is 22.4 Å². The normalized spacial score (nSPS) is 20.9. The summed E-state index contributed by atoms with van der Waals surface area (Å²) in [5.74, 6) is 0.887. The molecule has 1 aromatic heterocycles. The third kappa shape index (κ3) is 3.42. The molecule has 2 aliphatic heterocycles. The summed E-state index contributed by atoms with van der Waals surface area (Å²) in [5, 5.41) is 3.46. The van der Waals surface area contributed by atoms with Crippen LogP contribution in [0.4, 0.5) is 0 Å². The number of nitrogens with one attached hydrogen (secondary N) is 1. The molecule has 1 spiro atoms. The topological polar surface area (TPSA) is 54.5 Å². The first-order valence-corrected chi connectivity index (χ1v) is 10.1. The minimum absolute atomic E-state index is 0.0224. The Morgan fingerprint density at radius 3 is 2.71 bits per heavy atom. The number of nitrogens with zero attached hydrogens (tertiary/aromatic N) is 2. The molecule has 0 aliphatic carbocycles. The molecule has 4 rings (SSSR count). The maximum absolute atomic E-state index is 12.6. The van der Waals surface area contributed by atoms with E-state index in [1.807, 2.05) is 50.4 Å². The molecule has 1 unspecified atom stereocenters. The van der Waals surface area contributed by atoms with E-state index in [-0.39, 0.29) is 11.5 Å². The van der Waals surface area contributed by atoms with E-state index in [4.69, 9.17) is 4.74 Å². The molecule has 5 nitrogen and oxygen atoms in total. The van der Waals surface area contributed by atoms with Crippen molar-refractivity contribution in [2.24, 2.45) is 0 Å². The van der Waals surface area contributed by atoms with Gasteiger partial charge in [0.2, 0.25) is 0 Å². The van der Waals surface area contributed by atoms with E-state index < -0.39 is 0 Å². The van der Waals surface area contributed by atoms with Gasteiger partial charge in [-0.25, -0.2) is 0 Å². The van der Waals surface area contributed by atoms with Crippen molar-refractivity contribution in [3.8, 4) is 5.75 Å². The molecular formula is C23H27N3O2. The summed E-state index contributed by atoms with van der Waals surface area (Å²) in [6.45, 7) is 7.17. The number of para-hydroxylation sites is 1. The van der Waals surface area contributed by atoms with Crippen LogP contribution in [0.3, 0.4) is 0 Å². The maximum atomic E-state index is 12.6. The zero-order valence-electron chi connectivity index (χ0n) is 16.6. The van der Waals surface area contributed by atoms with Crippen LogP contribution in [0.2, 0.25) is 0 Å². The van der Waals surface area contributed by atoms with Gasteiger partial charge in [-0.15, -0.1) is 0 Å². The maximum Gasteiger partial charge on any atom is 0.272 e. The Balaban J connectivity index is 1.71. The highest BCUT2D eigenvalue weighted by Crippen LogP contribution is 2.41. The fourth-order valence-corrected chi connectivity index (χ4v) is 4.07. The van der Waals surface area contributed by atoms with Gasteiger partial charge in [-0.2, -0.15) is 0 Å². The Bertz CT molecular complexity index is 879. The lowest BCUT2D eigenvalue weighted by Crippen LogP contribution is -2.49. The van der Waals surface area contributed by atoms with Crippen molar-refractivity contribution in [3.63, 3.8) is 0 Å². The van der Waals surface area contributed by atoms with E-state index in [0.29, 0.717) is 18.8 Å². The van der Waals surface area contributed by atoms with Crippen molar-refractivity contribution in [1.29, 1.82) is 0 Å². The van der Waals surface area contributed by atoms with Crippen LogP contribution in [-0.2, 0) is 0 Å². The Morgan fingerprint density at radius 2 is 2.04 bits per heavy atom. The second-order valence-corrected chi connectivity index (χ2v) is 7.41. The van der Waals surface area contributed by atoms with Gasteiger partial charge in [0.15, 0.2) is 0 Å². The lowest BCUT2D eigenvalue weighted by molar-refractivity contribution is 0.0767. The van der Waals surface area contributed by atoms with Crippen LogP contribution in [0, 0.1) is 0 Å². The monoisotopic (exact) mass is 377 g/mol. The van der Waals surface area contributed by atoms with Crippen molar-refractivity contribution < 1.29 is 9.53 Å². The standard InChI is InChI=1S/C23H27N3O2/c1-3-26(4-2)22(27)20-11-10-17(15-25-20)19-14-23(12-7-13-24-16-23)28-21-9-6-5-8-18(19)21/h5-6,8-11,14-15,24H,3-4,7,12-13,16H2,1-2H3. The summed E-state index contributed by atoms with van der Waals surface area (Å²) in [7, 11) is 0. The first-order valence-electron chi connectivity index (χ1n) is 10.1. The SMILES string of the molecule is CCN(CC)C(=O)c1ccc(C2=CC3(CCCNC3)Oc3ccccc32)cn1. The number of aromatic nitrogens is 1. The van der Waals surface area contributed by atoms with Crippen LogP contribution in [-0.4, -0.2) is 47.6 Å². The van der Waals surface area contributed by atoms with E-state index in [9.17, 15) is 4.79 Å². The van der Waals surface area contributed by atoms with Crippen LogP contribution >= 0.6 is 0 Å². The molecule has 0 radical (unpaired) electrons. The zero-order valence-corrected chi connectivity index (χ0v) is 16.6. The number of ether oxygens (including phenoxy) is 1. The highest BCUT2D eigenvalue weighted by Gasteiger charge is 2.37. The molecule has 0 saturated carbocycles. The van der Waals surface area contributed by atoms with Crippen LogP contribution in [0.15, 0.2) is 48.7 Å². The number of hydrogen-bond acceptors (Lipinski definition) is 4. The first-order chi connectivity index (χ1) is 13.7. The van der Waals surface area contributed by atoms with E-state index in [1.54, 1.807) is 4.90 Å². The van der Waals surface area contributed by atoms with Gasteiger partial charge in [0.1, 0.15) is 17.0 Å². The lowest BCUT2D eigenvalue weighted by Gasteiger charge is -2.40. The van der Waals surface area contributed by atoms with Crippen LogP contribution < -0.4 is 10.1 Å². The van der Waals surface area contributed by atoms with Crippen molar-refractivity contribution in [2.75, 3.05) is 26.2 Å².